The van der Waals surface area contributed by atoms with Crippen molar-refractivity contribution in [2.24, 2.45) is 4.99 Å². The first-order valence-electron chi connectivity index (χ1n) is 7.39. The Balaban J connectivity index is 0.00000400. The van der Waals surface area contributed by atoms with E-state index in [0.717, 1.165) is 58.1 Å². The normalized spacial score (nSPS) is 16.2. The molecule has 0 atom stereocenters. The Kier molecular flexibility index (Phi) is 12.8. The molecule has 1 heterocycles. The molecule has 21 heavy (non-hydrogen) atoms. The van der Waals surface area contributed by atoms with Crippen LogP contribution < -0.4 is 5.32 Å². The second-order valence-electron chi connectivity index (χ2n) is 4.78. The van der Waals surface area contributed by atoms with Gasteiger partial charge in [0.25, 0.3) is 0 Å². The summed E-state index contributed by atoms with van der Waals surface area (Å²) in [6, 6.07) is 0. The lowest BCUT2D eigenvalue weighted by Crippen LogP contribution is -2.47. The topological polar surface area (TPSA) is 46.1 Å². The zero-order chi connectivity index (χ0) is 14.6. The molecule has 0 aromatic heterocycles. The molecule has 6 heteroatoms. The standard InChI is InChI=1S/C15H27N3O2.HI/c1-4-9-17-15(16-5-2)18-10-7-14(8-11-18)20-13-6-12-19-3;/h1,14H,5-13H2,2-3H3,(H,16,17);1H. The number of terminal acetylenes is 1. The van der Waals surface area contributed by atoms with Gasteiger partial charge in [0.05, 0.1) is 6.10 Å². The van der Waals surface area contributed by atoms with Crippen molar-refractivity contribution in [1.29, 1.82) is 0 Å². The van der Waals surface area contributed by atoms with Gasteiger partial charge in [-0.15, -0.1) is 30.4 Å². The minimum absolute atomic E-state index is 0. The van der Waals surface area contributed by atoms with Gasteiger partial charge < -0.3 is 19.7 Å². The smallest absolute Gasteiger partial charge is 0.194 e. The molecule has 1 aliphatic rings. The van der Waals surface area contributed by atoms with Crippen molar-refractivity contribution in [3.63, 3.8) is 0 Å². The number of ether oxygens (including phenoxy) is 2. The number of guanidine groups is 1. The first-order chi connectivity index (χ1) is 9.81. The van der Waals surface area contributed by atoms with Crippen molar-refractivity contribution in [1.82, 2.24) is 10.2 Å². The Hall–Kier alpha value is -0.520. The third kappa shape index (κ3) is 8.49. The molecule has 0 spiro atoms. The monoisotopic (exact) mass is 409 g/mol. The molecule has 1 rings (SSSR count). The highest BCUT2D eigenvalue weighted by Crippen LogP contribution is 2.14. The number of nitrogens with one attached hydrogen (secondary N) is 1. The third-order valence-electron chi connectivity index (χ3n) is 3.24. The molecular weight excluding hydrogens is 381 g/mol. The minimum Gasteiger partial charge on any atom is -0.385 e. The lowest BCUT2D eigenvalue weighted by molar-refractivity contribution is 0.00992. The summed E-state index contributed by atoms with van der Waals surface area (Å²) in [4.78, 5) is 6.66. The van der Waals surface area contributed by atoms with Gasteiger partial charge in [-0.3, -0.25) is 0 Å². The molecular formula is C15H28IN3O2. The molecule has 5 nitrogen and oxygen atoms in total. The summed E-state index contributed by atoms with van der Waals surface area (Å²) in [5.74, 6) is 3.47. The van der Waals surface area contributed by atoms with E-state index in [2.05, 4.69) is 28.1 Å². The SMILES string of the molecule is C#CCN=C(NCC)N1CCC(OCCCOC)CC1.I. The molecule has 122 valence electrons. The Morgan fingerprint density at radius 1 is 1.38 bits per heavy atom. The highest BCUT2D eigenvalue weighted by Gasteiger charge is 2.21. The Bertz CT molecular complexity index is 323. The highest BCUT2D eigenvalue weighted by molar-refractivity contribution is 14.0. The largest absolute Gasteiger partial charge is 0.385 e. The molecule has 0 saturated carbocycles. The molecule has 0 aromatic rings. The average Bonchev–Trinajstić information content (AvgIpc) is 2.49. The fraction of sp³-hybridized carbons (Fsp3) is 0.800. The van der Waals surface area contributed by atoms with Gasteiger partial charge in [-0.05, 0) is 26.2 Å². The van der Waals surface area contributed by atoms with Crippen molar-refractivity contribution in [3.05, 3.63) is 0 Å². The number of methoxy groups -OCH3 is 1. The predicted octanol–water partition coefficient (Wildman–Crippen LogP) is 1.72. The van der Waals surface area contributed by atoms with Crippen molar-refractivity contribution in [2.45, 2.75) is 32.3 Å². The maximum Gasteiger partial charge on any atom is 0.194 e. The van der Waals surface area contributed by atoms with Gasteiger partial charge in [0.2, 0.25) is 0 Å². The van der Waals surface area contributed by atoms with Gasteiger partial charge in [0.1, 0.15) is 6.54 Å². The van der Waals surface area contributed by atoms with Crippen molar-refractivity contribution in [2.75, 3.05) is 46.5 Å². The molecule has 1 N–H and O–H groups in total. The zero-order valence-corrected chi connectivity index (χ0v) is 15.5. The van der Waals surface area contributed by atoms with Crippen LogP contribution in [-0.4, -0.2) is 63.5 Å². The van der Waals surface area contributed by atoms with Gasteiger partial charge in [-0.25, -0.2) is 4.99 Å². The van der Waals surface area contributed by atoms with E-state index in [-0.39, 0.29) is 24.0 Å². The van der Waals surface area contributed by atoms with Crippen LogP contribution in [0.5, 0.6) is 0 Å². The van der Waals surface area contributed by atoms with Crippen molar-refractivity contribution >= 4 is 29.9 Å². The molecule has 0 unspecified atom stereocenters. The fourth-order valence-corrected chi connectivity index (χ4v) is 2.23. The summed E-state index contributed by atoms with van der Waals surface area (Å²) in [6.45, 7) is 6.83. The van der Waals surface area contributed by atoms with Crippen LogP contribution in [0.4, 0.5) is 0 Å². The number of likely N-dealkylation sites (tertiary alicyclic amines) is 1. The number of aliphatic imine (C=N–C) groups is 1. The van der Waals surface area contributed by atoms with Crippen LogP contribution in [0.3, 0.4) is 0 Å². The summed E-state index contributed by atoms with van der Waals surface area (Å²) in [5.41, 5.74) is 0. The summed E-state index contributed by atoms with van der Waals surface area (Å²) < 4.78 is 10.9. The quantitative estimate of drug-likeness (QED) is 0.229. The molecule has 1 aliphatic heterocycles. The summed E-state index contributed by atoms with van der Waals surface area (Å²) >= 11 is 0. The molecule has 0 bridgehead atoms. The van der Waals surface area contributed by atoms with Crippen LogP contribution in [0.1, 0.15) is 26.2 Å². The average molecular weight is 409 g/mol. The van der Waals surface area contributed by atoms with Gasteiger partial charge in [0, 0.05) is 40.0 Å². The van der Waals surface area contributed by atoms with E-state index in [9.17, 15) is 0 Å². The van der Waals surface area contributed by atoms with E-state index in [0.29, 0.717) is 12.6 Å². The molecule has 0 aliphatic carbocycles. The minimum atomic E-state index is 0. The number of halogens is 1. The van der Waals surface area contributed by atoms with Crippen molar-refractivity contribution < 1.29 is 9.47 Å². The number of nitrogens with zero attached hydrogens (tertiary/aromatic N) is 2. The Labute approximate surface area is 145 Å². The van der Waals surface area contributed by atoms with E-state index in [1.165, 1.54) is 0 Å². The summed E-state index contributed by atoms with van der Waals surface area (Å²) in [7, 11) is 1.72. The molecule has 0 aromatic carbocycles. The second-order valence-corrected chi connectivity index (χ2v) is 4.78. The maximum absolute atomic E-state index is 5.85. The van der Waals surface area contributed by atoms with E-state index in [1.54, 1.807) is 7.11 Å². The van der Waals surface area contributed by atoms with Gasteiger partial charge >= 0.3 is 0 Å². The van der Waals surface area contributed by atoms with Gasteiger partial charge in [-0.2, -0.15) is 0 Å². The predicted molar refractivity (Wildman–Crippen MR) is 97.3 cm³/mol. The molecule has 0 radical (unpaired) electrons. The molecule has 0 amide bonds. The fourth-order valence-electron chi connectivity index (χ4n) is 2.23. The summed E-state index contributed by atoms with van der Waals surface area (Å²) in [6.07, 6.45) is 8.66. The van der Waals surface area contributed by atoms with Crippen LogP contribution in [-0.2, 0) is 9.47 Å². The van der Waals surface area contributed by atoms with Crippen molar-refractivity contribution in [3.8, 4) is 12.3 Å². The number of rotatable bonds is 7. The molecule has 1 fully saturated rings. The number of piperidine rings is 1. The molecule has 1 saturated heterocycles. The van der Waals surface area contributed by atoms with E-state index < -0.39 is 0 Å². The second kappa shape index (κ2) is 13.2. The lowest BCUT2D eigenvalue weighted by Gasteiger charge is -2.34. The van der Waals surface area contributed by atoms with E-state index >= 15 is 0 Å². The van der Waals surface area contributed by atoms with E-state index in [4.69, 9.17) is 15.9 Å². The van der Waals surface area contributed by atoms with Crippen LogP contribution in [0.25, 0.3) is 0 Å². The third-order valence-corrected chi connectivity index (χ3v) is 3.24. The first-order valence-corrected chi connectivity index (χ1v) is 7.39. The van der Waals surface area contributed by atoms with Crippen LogP contribution in [0.15, 0.2) is 4.99 Å². The van der Waals surface area contributed by atoms with Gasteiger partial charge in [0.15, 0.2) is 5.96 Å². The Morgan fingerprint density at radius 3 is 2.67 bits per heavy atom. The maximum atomic E-state index is 5.85. The van der Waals surface area contributed by atoms with E-state index in [1.807, 2.05) is 0 Å². The summed E-state index contributed by atoms with van der Waals surface area (Å²) in [5, 5.41) is 3.28. The first kappa shape index (κ1) is 20.5. The van der Waals surface area contributed by atoms with Gasteiger partial charge in [-0.1, -0.05) is 5.92 Å². The lowest BCUT2D eigenvalue weighted by atomic mass is 10.1. The van der Waals surface area contributed by atoms with Crippen LogP contribution in [0, 0.1) is 12.3 Å². The number of hydrogen-bond acceptors (Lipinski definition) is 3. The van der Waals surface area contributed by atoms with Crippen LogP contribution >= 0.6 is 24.0 Å². The zero-order valence-electron chi connectivity index (χ0n) is 13.1. The Morgan fingerprint density at radius 2 is 2.10 bits per heavy atom. The highest BCUT2D eigenvalue weighted by atomic mass is 127. The van der Waals surface area contributed by atoms with Crippen LogP contribution in [0.2, 0.25) is 0 Å². The number of hydrogen-bond donors (Lipinski definition) is 1.